The highest BCUT2D eigenvalue weighted by molar-refractivity contribution is 5.44. The molecule has 0 amide bonds. The zero-order valence-electron chi connectivity index (χ0n) is 11.6. The van der Waals surface area contributed by atoms with Crippen LogP contribution >= 0.6 is 0 Å². The second-order valence-corrected chi connectivity index (χ2v) is 4.75. The predicted molar refractivity (Wildman–Crippen MR) is 72.0 cm³/mol. The van der Waals surface area contributed by atoms with Crippen LogP contribution < -0.4 is 9.47 Å². The van der Waals surface area contributed by atoms with Gasteiger partial charge in [-0.1, -0.05) is 33.3 Å². The molecule has 0 fully saturated rings. The Kier molecular flexibility index (Phi) is 5.33. The maximum absolute atomic E-state index is 5.36. The van der Waals surface area contributed by atoms with Crippen LogP contribution in [0.15, 0.2) is 18.2 Å². The van der Waals surface area contributed by atoms with Crippen molar-refractivity contribution in [1.29, 1.82) is 0 Å². The molecule has 0 saturated heterocycles. The van der Waals surface area contributed by atoms with Crippen molar-refractivity contribution < 1.29 is 9.47 Å². The molecule has 0 aromatic heterocycles. The van der Waals surface area contributed by atoms with Gasteiger partial charge in [0.1, 0.15) is 0 Å². The van der Waals surface area contributed by atoms with Gasteiger partial charge in [-0.3, -0.25) is 0 Å². The Morgan fingerprint density at radius 3 is 2.18 bits per heavy atom. The summed E-state index contributed by atoms with van der Waals surface area (Å²) < 4.78 is 10.6. The van der Waals surface area contributed by atoms with Crippen LogP contribution in [-0.4, -0.2) is 14.2 Å². The van der Waals surface area contributed by atoms with Crippen molar-refractivity contribution in [1.82, 2.24) is 0 Å². The van der Waals surface area contributed by atoms with E-state index >= 15 is 0 Å². The van der Waals surface area contributed by atoms with Gasteiger partial charge in [0.2, 0.25) is 0 Å². The molecular formula is C15H24O2. The summed E-state index contributed by atoms with van der Waals surface area (Å²) in [7, 11) is 3.36. The van der Waals surface area contributed by atoms with E-state index in [4.69, 9.17) is 9.47 Å². The van der Waals surface area contributed by atoms with Crippen molar-refractivity contribution in [3.8, 4) is 11.5 Å². The van der Waals surface area contributed by atoms with E-state index in [0.29, 0.717) is 11.8 Å². The molecule has 2 nitrogen and oxygen atoms in total. The summed E-state index contributed by atoms with van der Waals surface area (Å²) >= 11 is 0. The second-order valence-electron chi connectivity index (χ2n) is 4.75. The van der Waals surface area contributed by atoms with Crippen LogP contribution in [0, 0.1) is 5.92 Å². The third kappa shape index (κ3) is 3.39. The van der Waals surface area contributed by atoms with E-state index in [2.05, 4.69) is 32.9 Å². The monoisotopic (exact) mass is 236 g/mol. The molecule has 1 rings (SSSR count). The first-order chi connectivity index (χ1) is 8.13. The molecule has 1 aromatic carbocycles. The molecule has 96 valence electrons. The fourth-order valence-corrected chi connectivity index (χ4v) is 2.28. The summed E-state index contributed by atoms with van der Waals surface area (Å²) in [5, 5.41) is 0. The minimum Gasteiger partial charge on any atom is -0.493 e. The highest BCUT2D eigenvalue weighted by Crippen LogP contribution is 2.35. The fraction of sp³-hybridized carbons (Fsp3) is 0.600. The summed E-state index contributed by atoms with van der Waals surface area (Å²) in [6.45, 7) is 6.78. The molecular weight excluding hydrogens is 212 g/mol. The summed E-state index contributed by atoms with van der Waals surface area (Å²) in [4.78, 5) is 0. The highest BCUT2D eigenvalue weighted by Gasteiger charge is 2.16. The lowest BCUT2D eigenvalue weighted by Gasteiger charge is -2.22. The van der Waals surface area contributed by atoms with Crippen LogP contribution in [0.1, 0.15) is 45.1 Å². The van der Waals surface area contributed by atoms with E-state index < -0.39 is 0 Å². The normalized spacial score (nSPS) is 12.6. The predicted octanol–water partition coefficient (Wildman–Crippen LogP) is 4.24. The third-order valence-electron chi connectivity index (χ3n) is 3.24. The Balaban J connectivity index is 3.03. The molecule has 1 unspecified atom stereocenters. The lowest BCUT2D eigenvalue weighted by molar-refractivity contribution is 0.353. The highest BCUT2D eigenvalue weighted by atomic mass is 16.5. The Labute approximate surface area is 105 Å². The number of hydrogen-bond donors (Lipinski definition) is 0. The molecule has 0 saturated carbocycles. The lowest BCUT2D eigenvalue weighted by Crippen LogP contribution is -2.07. The molecule has 0 aliphatic rings. The number of ether oxygens (including phenoxy) is 2. The maximum atomic E-state index is 5.36. The summed E-state index contributed by atoms with van der Waals surface area (Å²) in [6, 6.07) is 6.26. The molecule has 17 heavy (non-hydrogen) atoms. The van der Waals surface area contributed by atoms with Gasteiger partial charge in [0.25, 0.3) is 0 Å². The molecule has 0 N–H and O–H groups in total. The Hall–Kier alpha value is -1.18. The van der Waals surface area contributed by atoms with Crippen LogP contribution in [0.25, 0.3) is 0 Å². The fourth-order valence-electron chi connectivity index (χ4n) is 2.28. The van der Waals surface area contributed by atoms with Gasteiger partial charge in [0.15, 0.2) is 11.5 Å². The van der Waals surface area contributed by atoms with E-state index in [1.807, 2.05) is 6.07 Å². The van der Waals surface area contributed by atoms with E-state index in [1.165, 1.54) is 18.4 Å². The molecule has 1 atom stereocenters. The largest absolute Gasteiger partial charge is 0.493 e. The number of methoxy groups -OCH3 is 2. The Bertz CT molecular complexity index is 345. The zero-order chi connectivity index (χ0) is 12.8. The third-order valence-corrected chi connectivity index (χ3v) is 3.24. The molecule has 0 bridgehead atoms. The maximum Gasteiger partial charge on any atom is 0.160 e. The van der Waals surface area contributed by atoms with Gasteiger partial charge in [-0.25, -0.2) is 0 Å². The minimum atomic E-state index is 0.597. The smallest absolute Gasteiger partial charge is 0.160 e. The Morgan fingerprint density at radius 2 is 1.71 bits per heavy atom. The first-order valence-corrected chi connectivity index (χ1v) is 6.35. The van der Waals surface area contributed by atoms with Crippen molar-refractivity contribution in [3.63, 3.8) is 0 Å². The molecule has 0 spiro atoms. The quantitative estimate of drug-likeness (QED) is 0.735. The molecule has 0 radical (unpaired) electrons. The van der Waals surface area contributed by atoms with Crippen LogP contribution in [0.4, 0.5) is 0 Å². The van der Waals surface area contributed by atoms with Crippen LogP contribution in [0.5, 0.6) is 11.5 Å². The topological polar surface area (TPSA) is 18.5 Å². The number of hydrogen-bond acceptors (Lipinski definition) is 2. The van der Waals surface area contributed by atoms with Gasteiger partial charge in [-0.2, -0.15) is 0 Å². The average molecular weight is 236 g/mol. The summed E-state index contributed by atoms with van der Waals surface area (Å²) in [6.07, 6.45) is 2.42. The standard InChI is InChI=1S/C15H24O2/c1-6-7-13(11(2)3)12-8-9-14(16-4)15(10-12)17-5/h8-11,13H,6-7H2,1-5H3. The van der Waals surface area contributed by atoms with Gasteiger partial charge in [-0.15, -0.1) is 0 Å². The van der Waals surface area contributed by atoms with Gasteiger partial charge in [-0.05, 0) is 36.0 Å². The van der Waals surface area contributed by atoms with Gasteiger partial charge < -0.3 is 9.47 Å². The number of benzene rings is 1. The van der Waals surface area contributed by atoms with E-state index in [9.17, 15) is 0 Å². The molecule has 0 aliphatic carbocycles. The molecule has 1 aromatic rings. The van der Waals surface area contributed by atoms with Crippen molar-refractivity contribution in [3.05, 3.63) is 23.8 Å². The number of rotatable bonds is 6. The first-order valence-electron chi connectivity index (χ1n) is 6.35. The van der Waals surface area contributed by atoms with E-state index in [-0.39, 0.29) is 0 Å². The van der Waals surface area contributed by atoms with Crippen molar-refractivity contribution in [2.75, 3.05) is 14.2 Å². The van der Waals surface area contributed by atoms with Crippen molar-refractivity contribution in [2.24, 2.45) is 5.92 Å². The van der Waals surface area contributed by atoms with Crippen molar-refractivity contribution >= 4 is 0 Å². The first kappa shape index (κ1) is 13.9. The SMILES string of the molecule is CCCC(c1ccc(OC)c(OC)c1)C(C)C. The van der Waals surface area contributed by atoms with Gasteiger partial charge >= 0.3 is 0 Å². The molecule has 0 aliphatic heterocycles. The van der Waals surface area contributed by atoms with Crippen molar-refractivity contribution in [2.45, 2.75) is 39.5 Å². The Morgan fingerprint density at radius 1 is 1.06 bits per heavy atom. The average Bonchev–Trinajstić information content (AvgIpc) is 2.34. The summed E-state index contributed by atoms with van der Waals surface area (Å²) in [5.74, 6) is 2.87. The van der Waals surface area contributed by atoms with E-state index in [0.717, 1.165) is 11.5 Å². The lowest BCUT2D eigenvalue weighted by atomic mass is 9.85. The molecule has 0 heterocycles. The minimum absolute atomic E-state index is 0.597. The van der Waals surface area contributed by atoms with E-state index in [1.54, 1.807) is 14.2 Å². The van der Waals surface area contributed by atoms with Gasteiger partial charge in [0, 0.05) is 0 Å². The van der Waals surface area contributed by atoms with Gasteiger partial charge in [0.05, 0.1) is 14.2 Å². The zero-order valence-corrected chi connectivity index (χ0v) is 11.6. The van der Waals surface area contributed by atoms with Crippen LogP contribution in [0.2, 0.25) is 0 Å². The summed E-state index contributed by atoms with van der Waals surface area (Å²) in [5.41, 5.74) is 1.35. The van der Waals surface area contributed by atoms with Crippen LogP contribution in [0.3, 0.4) is 0 Å². The van der Waals surface area contributed by atoms with Crippen LogP contribution in [-0.2, 0) is 0 Å². The molecule has 2 heteroatoms. The second kappa shape index (κ2) is 6.53.